The van der Waals surface area contributed by atoms with Crippen molar-refractivity contribution in [1.29, 1.82) is 0 Å². The molecule has 0 bridgehead atoms. The molecular weight excluding hydrogens is 308 g/mol. The average Bonchev–Trinajstić information content (AvgIpc) is 2.37. The van der Waals surface area contributed by atoms with Crippen LogP contribution < -0.4 is 0 Å². The number of rotatable bonds is 3. The molecule has 0 spiro atoms. The van der Waals surface area contributed by atoms with E-state index in [0.717, 1.165) is 24.9 Å². The number of hydrogen-bond donors (Lipinski definition) is 0. The molecule has 20 heavy (non-hydrogen) atoms. The Morgan fingerprint density at radius 2 is 1.10 bits per heavy atom. The smallest absolute Gasteiger partial charge is 0.221 e. The Kier molecular flexibility index (Phi) is 3.43. The van der Waals surface area contributed by atoms with Gasteiger partial charge in [0.05, 0.1) is 12.4 Å². The Morgan fingerprint density at radius 3 is 1.40 bits per heavy atom. The lowest BCUT2D eigenvalue weighted by atomic mass is 10.3. The predicted molar refractivity (Wildman–Crippen MR) is 64.9 cm³/mol. The Hall–Kier alpha value is -2.08. The molecule has 2 heterocycles. The first-order valence-electron chi connectivity index (χ1n) is 4.98. The van der Waals surface area contributed by atoms with Gasteiger partial charge >= 0.3 is 0 Å². The molecule has 106 valence electrons. The zero-order valence-electron chi connectivity index (χ0n) is 10.3. The zero-order valence-corrected chi connectivity index (χ0v) is 11.9. The molecule has 0 radical (unpaired) electrons. The second-order valence-electron chi connectivity index (χ2n) is 3.79. The molecule has 12 heteroatoms. The molecule has 2 aromatic rings. The topological polar surface area (TPSA) is 146 Å². The lowest BCUT2D eigenvalue weighted by Gasteiger charge is -2.01. The van der Waals surface area contributed by atoms with Crippen LogP contribution in [0, 0.1) is 0 Å². The van der Waals surface area contributed by atoms with Gasteiger partial charge in [-0.3, -0.25) is 0 Å². The molecule has 10 nitrogen and oxygen atoms in total. The maximum absolute atomic E-state index is 11.3. The molecule has 0 atom stereocenters. The van der Waals surface area contributed by atoms with Crippen LogP contribution in [0.5, 0.6) is 0 Å². The quantitative estimate of drug-likeness (QED) is 0.657. The second-order valence-corrected chi connectivity index (χ2v) is 7.61. The summed E-state index contributed by atoms with van der Waals surface area (Å²) >= 11 is 0. The van der Waals surface area contributed by atoms with Gasteiger partial charge in [-0.15, -0.1) is 10.2 Å². The van der Waals surface area contributed by atoms with Crippen molar-refractivity contribution in [1.82, 2.24) is 30.4 Å². The molecular formula is C8H8N6O4S2. The standard InChI is InChI=1S/C8H8N6O4S2/c1-19(15,16)7-11-5(3-9-13-7)6-4-10-14-8(12-6)20(2,17)18/h3-4H,1-2H3. The van der Waals surface area contributed by atoms with Gasteiger partial charge in [0.2, 0.25) is 19.7 Å². The van der Waals surface area contributed by atoms with E-state index in [2.05, 4.69) is 30.4 Å². The molecule has 0 aromatic carbocycles. The van der Waals surface area contributed by atoms with Gasteiger partial charge in [-0.2, -0.15) is 10.2 Å². The SMILES string of the molecule is CS(=O)(=O)c1nncc(-c2cnnc(S(C)(=O)=O)n2)n1. The zero-order chi connectivity index (χ0) is 15.0. The Balaban J connectivity index is 2.58. The summed E-state index contributed by atoms with van der Waals surface area (Å²) in [6.07, 6.45) is 4.14. The van der Waals surface area contributed by atoms with E-state index < -0.39 is 30.0 Å². The van der Waals surface area contributed by atoms with Crippen molar-refractivity contribution in [3.63, 3.8) is 0 Å². The summed E-state index contributed by atoms with van der Waals surface area (Å²) in [5.41, 5.74) is 0.0560. The molecule has 2 rings (SSSR count). The molecule has 0 unspecified atom stereocenters. The van der Waals surface area contributed by atoms with Crippen molar-refractivity contribution in [3.8, 4) is 11.4 Å². The summed E-state index contributed by atoms with van der Waals surface area (Å²) in [7, 11) is -7.28. The fourth-order valence-corrected chi connectivity index (χ4v) is 2.05. The van der Waals surface area contributed by atoms with E-state index in [9.17, 15) is 16.8 Å². The van der Waals surface area contributed by atoms with Crippen LogP contribution in [-0.4, -0.2) is 59.7 Å². The number of hydrogen-bond acceptors (Lipinski definition) is 10. The van der Waals surface area contributed by atoms with Crippen LogP contribution in [0.15, 0.2) is 22.7 Å². The Bertz CT molecular complexity index is 791. The summed E-state index contributed by atoms with van der Waals surface area (Å²) in [5.74, 6) is 0. The third-order valence-electron chi connectivity index (χ3n) is 2.00. The monoisotopic (exact) mass is 316 g/mol. The van der Waals surface area contributed by atoms with Crippen LogP contribution in [0.1, 0.15) is 0 Å². The van der Waals surface area contributed by atoms with Gasteiger partial charge < -0.3 is 0 Å². The van der Waals surface area contributed by atoms with E-state index >= 15 is 0 Å². The minimum absolute atomic E-state index is 0.0280. The first-order valence-corrected chi connectivity index (χ1v) is 8.76. The minimum Gasteiger partial charge on any atom is -0.221 e. The van der Waals surface area contributed by atoms with Crippen LogP contribution in [-0.2, 0) is 19.7 Å². The van der Waals surface area contributed by atoms with E-state index in [0.29, 0.717) is 0 Å². The summed E-state index contributed by atoms with van der Waals surface area (Å²) in [6, 6.07) is 0. The highest BCUT2D eigenvalue weighted by Crippen LogP contribution is 2.14. The van der Waals surface area contributed by atoms with Gasteiger partial charge in [0.25, 0.3) is 10.3 Å². The first kappa shape index (κ1) is 14.3. The van der Waals surface area contributed by atoms with Crippen LogP contribution in [0.2, 0.25) is 0 Å². The molecule has 0 aliphatic heterocycles. The number of aromatic nitrogens is 6. The molecule has 0 amide bonds. The third-order valence-corrected chi connectivity index (χ3v) is 3.68. The van der Waals surface area contributed by atoms with E-state index in [-0.39, 0.29) is 11.4 Å². The molecule has 0 fully saturated rings. The number of nitrogens with zero attached hydrogens (tertiary/aromatic N) is 6. The second kappa shape index (κ2) is 4.79. The molecule has 0 saturated heterocycles. The maximum Gasteiger partial charge on any atom is 0.267 e. The van der Waals surface area contributed by atoms with Crippen molar-refractivity contribution in [3.05, 3.63) is 12.4 Å². The first-order chi connectivity index (χ1) is 9.18. The van der Waals surface area contributed by atoms with Gasteiger partial charge in [0.15, 0.2) is 0 Å². The highest BCUT2D eigenvalue weighted by atomic mass is 32.2. The largest absolute Gasteiger partial charge is 0.267 e. The molecule has 2 aromatic heterocycles. The summed E-state index contributed by atoms with van der Waals surface area (Å²) in [4.78, 5) is 7.50. The summed E-state index contributed by atoms with van der Waals surface area (Å²) in [6.45, 7) is 0. The number of sulfone groups is 2. The van der Waals surface area contributed by atoms with Crippen LogP contribution in [0.4, 0.5) is 0 Å². The van der Waals surface area contributed by atoms with E-state index in [1.807, 2.05) is 0 Å². The van der Waals surface area contributed by atoms with Crippen LogP contribution in [0.25, 0.3) is 11.4 Å². The van der Waals surface area contributed by atoms with Gasteiger partial charge in [-0.05, 0) is 0 Å². The van der Waals surface area contributed by atoms with Gasteiger partial charge in [-0.25, -0.2) is 26.8 Å². The Morgan fingerprint density at radius 1 is 0.750 bits per heavy atom. The van der Waals surface area contributed by atoms with Crippen LogP contribution >= 0.6 is 0 Å². The molecule has 0 aliphatic carbocycles. The van der Waals surface area contributed by atoms with E-state index in [4.69, 9.17) is 0 Å². The summed E-state index contributed by atoms with van der Waals surface area (Å²) in [5, 5.41) is 12.8. The third kappa shape index (κ3) is 3.08. The van der Waals surface area contributed by atoms with Crippen molar-refractivity contribution < 1.29 is 16.8 Å². The van der Waals surface area contributed by atoms with Gasteiger partial charge in [-0.1, -0.05) is 0 Å². The lowest BCUT2D eigenvalue weighted by Crippen LogP contribution is -2.09. The highest BCUT2D eigenvalue weighted by molar-refractivity contribution is 7.90. The van der Waals surface area contributed by atoms with Gasteiger partial charge in [0, 0.05) is 12.5 Å². The molecule has 0 aliphatic rings. The average molecular weight is 316 g/mol. The van der Waals surface area contributed by atoms with Crippen molar-refractivity contribution in [2.75, 3.05) is 12.5 Å². The predicted octanol–water partition coefficient (Wildman–Crippen LogP) is -1.47. The fraction of sp³-hybridized carbons (Fsp3) is 0.250. The molecule has 0 N–H and O–H groups in total. The summed E-state index contributed by atoms with van der Waals surface area (Å²) < 4.78 is 45.3. The van der Waals surface area contributed by atoms with Crippen LogP contribution in [0.3, 0.4) is 0 Å². The Labute approximate surface area is 114 Å². The molecule has 0 saturated carbocycles. The highest BCUT2D eigenvalue weighted by Gasteiger charge is 2.17. The normalized spacial score (nSPS) is 12.3. The van der Waals surface area contributed by atoms with Gasteiger partial charge in [0.1, 0.15) is 11.4 Å². The lowest BCUT2D eigenvalue weighted by molar-refractivity contribution is 0.586. The van der Waals surface area contributed by atoms with E-state index in [1.54, 1.807) is 0 Å². The fourth-order valence-electron chi connectivity index (χ4n) is 1.14. The minimum atomic E-state index is -3.64. The van der Waals surface area contributed by atoms with E-state index in [1.165, 1.54) is 0 Å². The van der Waals surface area contributed by atoms with Crippen molar-refractivity contribution >= 4 is 19.7 Å². The maximum atomic E-state index is 11.3. The van der Waals surface area contributed by atoms with Crippen molar-refractivity contribution in [2.24, 2.45) is 0 Å². The van der Waals surface area contributed by atoms with Crippen molar-refractivity contribution in [2.45, 2.75) is 10.3 Å².